The van der Waals surface area contributed by atoms with Gasteiger partial charge in [0.15, 0.2) is 0 Å². The summed E-state index contributed by atoms with van der Waals surface area (Å²) < 4.78 is 5.92. The van der Waals surface area contributed by atoms with Crippen molar-refractivity contribution in [1.82, 2.24) is 9.88 Å². The molecule has 0 radical (unpaired) electrons. The van der Waals surface area contributed by atoms with E-state index in [0.29, 0.717) is 25.3 Å². The van der Waals surface area contributed by atoms with Gasteiger partial charge < -0.3 is 15.0 Å². The molecule has 2 aromatic rings. The van der Waals surface area contributed by atoms with E-state index < -0.39 is 0 Å². The van der Waals surface area contributed by atoms with Gasteiger partial charge in [0.2, 0.25) is 5.91 Å². The van der Waals surface area contributed by atoms with Gasteiger partial charge >= 0.3 is 0 Å². The highest BCUT2D eigenvalue weighted by Gasteiger charge is 2.31. The highest BCUT2D eigenvalue weighted by Crippen LogP contribution is 2.28. The van der Waals surface area contributed by atoms with E-state index in [4.69, 9.17) is 4.74 Å². The predicted octanol–water partition coefficient (Wildman–Crippen LogP) is 2.38. The number of hydrogen-bond acceptors (Lipinski definition) is 5. The number of hydrogen-bond donors (Lipinski definition) is 1. The van der Waals surface area contributed by atoms with Crippen LogP contribution in [0.5, 0.6) is 0 Å². The molecule has 3 heterocycles. The Labute approximate surface area is 149 Å². The van der Waals surface area contributed by atoms with Crippen LogP contribution < -0.4 is 5.32 Å². The lowest BCUT2D eigenvalue weighted by atomic mass is 10.0. The molecule has 6 nitrogen and oxygen atoms in total. The number of nitrogens with one attached hydrogen (secondary N) is 1. The molecule has 2 amide bonds. The van der Waals surface area contributed by atoms with Gasteiger partial charge in [-0.2, -0.15) is 0 Å². The smallest absolute Gasteiger partial charge is 0.254 e. The summed E-state index contributed by atoms with van der Waals surface area (Å²) in [5.74, 6) is -0.0823. The quantitative estimate of drug-likeness (QED) is 0.912. The van der Waals surface area contributed by atoms with E-state index in [0.717, 1.165) is 28.4 Å². The van der Waals surface area contributed by atoms with Crippen LogP contribution in [0.3, 0.4) is 0 Å². The Morgan fingerprint density at radius 3 is 3.16 bits per heavy atom. The van der Waals surface area contributed by atoms with Gasteiger partial charge in [0.25, 0.3) is 5.91 Å². The highest BCUT2D eigenvalue weighted by molar-refractivity contribution is 7.09. The summed E-state index contributed by atoms with van der Waals surface area (Å²) >= 11 is 1.60. The SMILES string of the molecule is Cc1csc(COC2CCN(C(=O)c3cccc4c3CC(=O)N4)C2)n1. The number of benzene rings is 1. The average molecular weight is 357 g/mol. The van der Waals surface area contributed by atoms with Crippen LogP contribution in [0.15, 0.2) is 23.6 Å². The third-order valence-corrected chi connectivity index (χ3v) is 5.50. The molecule has 0 bridgehead atoms. The number of thiazole rings is 1. The second kappa shape index (κ2) is 6.57. The molecule has 4 rings (SSSR count). The van der Waals surface area contributed by atoms with Crippen molar-refractivity contribution in [2.45, 2.75) is 32.5 Å². The Morgan fingerprint density at radius 1 is 1.48 bits per heavy atom. The van der Waals surface area contributed by atoms with Gasteiger partial charge in [-0.05, 0) is 31.0 Å². The van der Waals surface area contributed by atoms with Crippen LogP contribution in [-0.4, -0.2) is 40.9 Å². The van der Waals surface area contributed by atoms with Crippen molar-refractivity contribution in [3.05, 3.63) is 45.4 Å². The minimum Gasteiger partial charge on any atom is -0.369 e. The molecular weight excluding hydrogens is 338 g/mol. The van der Waals surface area contributed by atoms with Crippen molar-refractivity contribution in [2.75, 3.05) is 18.4 Å². The van der Waals surface area contributed by atoms with Crippen LogP contribution in [0, 0.1) is 6.92 Å². The number of carbonyl (C=O) groups excluding carboxylic acids is 2. The monoisotopic (exact) mass is 357 g/mol. The average Bonchev–Trinajstić information content (AvgIpc) is 3.30. The van der Waals surface area contributed by atoms with Gasteiger partial charge in [-0.25, -0.2) is 4.98 Å². The van der Waals surface area contributed by atoms with Crippen molar-refractivity contribution >= 4 is 28.8 Å². The lowest BCUT2D eigenvalue weighted by Gasteiger charge is -2.18. The summed E-state index contributed by atoms with van der Waals surface area (Å²) in [4.78, 5) is 30.7. The van der Waals surface area contributed by atoms with Crippen LogP contribution in [0.4, 0.5) is 5.69 Å². The van der Waals surface area contributed by atoms with E-state index in [9.17, 15) is 9.59 Å². The van der Waals surface area contributed by atoms with Crippen LogP contribution in [0.2, 0.25) is 0 Å². The van der Waals surface area contributed by atoms with Gasteiger partial charge in [0.1, 0.15) is 5.01 Å². The summed E-state index contributed by atoms with van der Waals surface area (Å²) in [5.41, 5.74) is 3.18. The molecule has 1 aromatic carbocycles. The first-order valence-electron chi connectivity index (χ1n) is 8.34. The zero-order valence-corrected chi connectivity index (χ0v) is 14.8. The summed E-state index contributed by atoms with van der Waals surface area (Å²) in [6.07, 6.45) is 1.13. The van der Waals surface area contributed by atoms with E-state index in [2.05, 4.69) is 10.3 Å². The summed E-state index contributed by atoms with van der Waals surface area (Å²) in [5, 5.41) is 5.77. The topological polar surface area (TPSA) is 71.5 Å². The molecule has 1 fully saturated rings. The number of nitrogens with zero attached hydrogens (tertiary/aromatic N) is 2. The minimum atomic E-state index is -0.0587. The fourth-order valence-electron chi connectivity index (χ4n) is 3.33. The first-order chi connectivity index (χ1) is 12.1. The fraction of sp³-hybridized carbons (Fsp3) is 0.389. The van der Waals surface area contributed by atoms with Crippen molar-refractivity contribution in [1.29, 1.82) is 0 Å². The Hall–Kier alpha value is -2.25. The van der Waals surface area contributed by atoms with Crippen LogP contribution >= 0.6 is 11.3 Å². The third-order valence-electron chi connectivity index (χ3n) is 4.56. The van der Waals surface area contributed by atoms with Crippen LogP contribution in [0.25, 0.3) is 0 Å². The van der Waals surface area contributed by atoms with Crippen molar-refractivity contribution < 1.29 is 14.3 Å². The highest BCUT2D eigenvalue weighted by atomic mass is 32.1. The molecule has 25 heavy (non-hydrogen) atoms. The van der Waals surface area contributed by atoms with E-state index in [1.54, 1.807) is 17.4 Å². The minimum absolute atomic E-state index is 0.0236. The van der Waals surface area contributed by atoms with Gasteiger partial charge in [0.05, 0.1) is 19.1 Å². The molecule has 1 N–H and O–H groups in total. The maximum absolute atomic E-state index is 12.9. The second-order valence-electron chi connectivity index (χ2n) is 6.41. The van der Waals surface area contributed by atoms with Gasteiger partial charge in [0, 0.05) is 35.4 Å². The van der Waals surface area contributed by atoms with Crippen molar-refractivity contribution in [3.63, 3.8) is 0 Å². The van der Waals surface area contributed by atoms with Crippen molar-refractivity contribution in [3.8, 4) is 0 Å². The normalized spacial score (nSPS) is 19.2. The van der Waals surface area contributed by atoms with E-state index >= 15 is 0 Å². The lowest BCUT2D eigenvalue weighted by Crippen LogP contribution is -2.30. The molecule has 130 valence electrons. The number of fused-ring (bicyclic) bond motifs is 1. The Kier molecular flexibility index (Phi) is 4.27. The summed E-state index contributed by atoms with van der Waals surface area (Å²) in [6.45, 7) is 3.71. The van der Waals surface area contributed by atoms with Gasteiger partial charge in [-0.1, -0.05) is 6.07 Å². The van der Waals surface area contributed by atoms with Crippen LogP contribution in [-0.2, 0) is 22.6 Å². The Morgan fingerprint density at radius 2 is 2.36 bits per heavy atom. The zero-order chi connectivity index (χ0) is 17.4. The molecule has 7 heteroatoms. The maximum atomic E-state index is 12.9. The number of likely N-dealkylation sites (tertiary alicyclic amines) is 1. The molecule has 0 saturated carbocycles. The van der Waals surface area contributed by atoms with E-state index in [1.165, 1.54) is 0 Å². The number of rotatable bonds is 4. The molecule has 2 aliphatic heterocycles. The molecule has 2 aliphatic rings. The maximum Gasteiger partial charge on any atom is 0.254 e. The fourth-order valence-corrected chi connectivity index (χ4v) is 4.02. The van der Waals surface area contributed by atoms with E-state index in [-0.39, 0.29) is 24.3 Å². The number of ether oxygens (including phenoxy) is 1. The van der Waals surface area contributed by atoms with E-state index in [1.807, 2.05) is 29.3 Å². The number of aryl methyl sites for hydroxylation is 1. The first-order valence-corrected chi connectivity index (χ1v) is 9.22. The van der Waals surface area contributed by atoms with Gasteiger partial charge in [-0.3, -0.25) is 9.59 Å². The third kappa shape index (κ3) is 3.29. The second-order valence-corrected chi connectivity index (χ2v) is 7.35. The van der Waals surface area contributed by atoms with Crippen LogP contribution in [0.1, 0.15) is 33.0 Å². The molecule has 0 spiro atoms. The number of carbonyl (C=O) groups is 2. The lowest BCUT2D eigenvalue weighted by molar-refractivity contribution is -0.115. The van der Waals surface area contributed by atoms with Gasteiger partial charge in [-0.15, -0.1) is 11.3 Å². The molecule has 1 saturated heterocycles. The molecule has 1 unspecified atom stereocenters. The summed E-state index contributed by atoms with van der Waals surface area (Å²) in [7, 11) is 0. The number of anilines is 1. The standard InChI is InChI=1S/C18H19N3O3S/c1-11-10-25-17(19-11)9-24-12-5-6-21(8-12)18(23)13-3-2-4-15-14(13)7-16(22)20-15/h2-4,10,12H,5-9H2,1H3,(H,20,22). The largest absolute Gasteiger partial charge is 0.369 e. The molecular formula is C18H19N3O3S. The molecule has 1 aromatic heterocycles. The molecule has 0 aliphatic carbocycles. The Bertz CT molecular complexity index is 833. The zero-order valence-electron chi connectivity index (χ0n) is 13.9. The Balaban J connectivity index is 1.40. The predicted molar refractivity (Wildman–Crippen MR) is 94.7 cm³/mol. The number of aromatic nitrogens is 1. The first kappa shape index (κ1) is 16.2. The molecule has 1 atom stereocenters. The summed E-state index contributed by atoms with van der Waals surface area (Å²) in [6, 6.07) is 5.45. The number of amides is 2. The van der Waals surface area contributed by atoms with Crippen molar-refractivity contribution in [2.24, 2.45) is 0 Å².